The van der Waals surface area contributed by atoms with Crippen molar-refractivity contribution in [1.29, 1.82) is 0 Å². The van der Waals surface area contributed by atoms with Gasteiger partial charge in [0.1, 0.15) is 5.75 Å². The minimum atomic E-state index is -0.251. The smallest absolute Gasteiger partial charge is 0.255 e. The van der Waals surface area contributed by atoms with Crippen molar-refractivity contribution in [3.63, 3.8) is 0 Å². The van der Waals surface area contributed by atoms with Crippen molar-refractivity contribution in [2.75, 3.05) is 0 Å². The van der Waals surface area contributed by atoms with Gasteiger partial charge in [0.2, 0.25) is 0 Å². The van der Waals surface area contributed by atoms with Gasteiger partial charge in [0, 0.05) is 8.45 Å². The highest BCUT2D eigenvalue weighted by Crippen LogP contribution is 2.20. The molecule has 0 aliphatic rings. The number of amides is 1. The second-order valence-corrected chi connectivity index (χ2v) is 6.12. The molecule has 1 aromatic carbocycles. The summed E-state index contributed by atoms with van der Waals surface area (Å²) in [5, 5.41) is 14.5. The first-order chi connectivity index (χ1) is 8.58. The molecule has 0 aliphatic carbocycles. The maximum Gasteiger partial charge on any atom is 0.255 e. The fraction of sp³-hybridized carbons (Fsp3) is 0.154. The number of phenols is 1. The Morgan fingerprint density at radius 2 is 2.22 bits per heavy atom. The van der Waals surface area contributed by atoms with Crippen LogP contribution in [0.1, 0.15) is 20.8 Å². The molecular formula is C13H12INO2S. The van der Waals surface area contributed by atoms with Crippen molar-refractivity contribution >= 4 is 39.8 Å². The topological polar surface area (TPSA) is 49.3 Å². The van der Waals surface area contributed by atoms with Crippen LogP contribution in [0, 0.1) is 10.5 Å². The zero-order valence-corrected chi connectivity index (χ0v) is 12.7. The van der Waals surface area contributed by atoms with Crippen molar-refractivity contribution in [2.45, 2.75) is 13.5 Å². The number of hydrogen-bond donors (Lipinski definition) is 2. The van der Waals surface area contributed by atoms with Crippen LogP contribution in [0.3, 0.4) is 0 Å². The Kier molecular flexibility index (Phi) is 4.23. The first-order valence-electron chi connectivity index (χ1n) is 5.37. The quantitative estimate of drug-likeness (QED) is 0.812. The Balaban J connectivity index is 2.08. The van der Waals surface area contributed by atoms with E-state index in [0.717, 1.165) is 8.45 Å². The molecule has 5 heteroatoms. The fourth-order valence-electron chi connectivity index (χ4n) is 1.53. The number of phenolic OH excluding ortho intramolecular Hbond substituents is 1. The van der Waals surface area contributed by atoms with Gasteiger partial charge in [-0.2, -0.15) is 0 Å². The largest absolute Gasteiger partial charge is 0.507 e. The van der Waals surface area contributed by atoms with E-state index in [-0.39, 0.29) is 11.7 Å². The van der Waals surface area contributed by atoms with E-state index >= 15 is 0 Å². The van der Waals surface area contributed by atoms with Gasteiger partial charge in [-0.15, -0.1) is 11.3 Å². The summed E-state index contributed by atoms with van der Waals surface area (Å²) >= 11 is 3.73. The summed E-state index contributed by atoms with van der Waals surface area (Å²) in [5.74, 6) is -0.241. The molecule has 3 nitrogen and oxygen atoms in total. The number of halogens is 1. The van der Waals surface area contributed by atoms with Crippen molar-refractivity contribution in [2.24, 2.45) is 0 Å². The Hall–Kier alpha value is -1.08. The van der Waals surface area contributed by atoms with Crippen LogP contribution in [0.15, 0.2) is 29.6 Å². The monoisotopic (exact) mass is 373 g/mol. The van der Waals surface area contributed by atoms with Crippen LogP contribution < -0.4 is 5.32 Å². The molecule has 0 aliphatic heterocycles. The predicted molar refractivity (Wildman–Crippen MR) is 81.1 cm³/mol. The standard InChI is InChI=1S/C13H12INO2S/c1-8-4-5-18-12(8)7-15-13(17)10-6-9(14)2-3-11(10)16/h2-6,16H,7H2,1H3,(H,15,17). The van der Waals surface area contributed by atoms with Gasteiger partial charge in [0.25, 0.3) is 5.91 Å². The van der Waals surface area contributed by atoms with Gasteiger partial charge in [-0.05, 0) is 64.7 Å². The number of hydrogen-bond acceptors (Lipinski definition) is 3. The van der Waals surface area contributed by atoms with E-state index in [9.17, 15) is 9.90 Å². The van der Waals surface area contributed by atoms with Gasteiger partial charge in [-0.3, -0.25) is 4.79 Å². The van der Waals surface area contributed by atoms with Crippen molar-refractivity contribution in [3.05, 3.63) is 49.2 Å². The Bertz CT molecular complexity index is 580. The summed E-state index contributed by atoms with van der Waals surface area (Å²) in [7, 11) is 0. The van der Waals surface area contributed by atoms with E-state index in [4.69, 9.17) is 0 Å². The van der Waals surface area contributed by atoms with Crippen LogP contribution in [0.25, 0.3) is 0 Å². The maximum atomic E-state index is 12.0. The van der Waals surface area contributed by atoms with Gasteiger partial charge >= 0.3 is 0 Å². The van der Waals surface area contributed by atoms with Crippen LogP contribution in [-0.4, -0.2) is 11.0 Å². The average Bonchev–Trinajstić information content (AvgIpc) is 2.75. The van der Waals surface area contributed by atoms with Crippen molar-refractivity contribution in [3.8, 4) is 5.75 Å². The zero-order valence-electron chi connectivity index (χ0n) is 9.74. The molecule has 0 bridgehead atoms. The molecule has 0 atom stereocenters. The Morgan fingerprint density at radius 1 is 1.44 bits per heavy atom. The normalized spacial score (nSPS) is 10.3. The first-order valence-corrected chi connectivity index (χ1v) is 7.33. The molecule has 2 N–H and O–H groups in total. The van der Waals surface area contributed by atoms with Crippen LogP contribution in [0.5, 0.6) is 5.75 Å². The molecule has 1 aromatic heterocycles. The summed E-state index contributed by atoms with van der Waals surface area (Å²) < 4.78 is 0.919. The maximum absolute atomic E-state index is 12.0. The minimum Gasteiger partial charge on any atom is -0.507 e. The molecule has 94 valence electrons. The highest BCUT2D eigenvalue weighted by molar-refractivity contribution is 14.1. The third-order valence-corrected chi connectivity index (χ3v) is 4.27. The van der Waals surface area contributed by atoms with E-state index in [2.05, 4.69) is 27.9 Å². The lowest BCUT2D eigenvalue weighted by atomic mass is 10.2. The Labute approximate surface area is 123 Å². The van der Waals surface area contributed by atoms with E-state index in [1.54, 1.807) is 23.5 Å². The van der Waals surface area contributed by atoms with Crippen LogP contribution >= 0.6 is 33.9 Å². The molecule has 0 unspecified atom stereocenters. The number of aromatic hydroxyl groups is 1. The summed E-state index contributed by atoms with van der Waals surface area (Å²) in [6.45, 7) is 2.51. The van der Waals surface area contributed by atoms with Crippen LogP contribution in [0.4, 0.5) is 0 Å². The zero-order chi connectivity index (χ0) is 13.1. The molecule has 0 radical (unpaired) electrons. The molecule has 0 fully saturated rings. The fourth-order valence-corrected chi connectivity index (χ4v) is 2.87. The summed E-state index contributed by atoms with van der Waals surface area (Å²) in [4.78, 5) is 13.1. The molecule has 2 rings (SSSR count). The third-order valence-electron chi connectivity index (χ3n) is 2.58. The number of benzene rings is 1. The van der Waals surface area contributed by atoms with Crippen molar-refractivity contribution < 1.29 is 9.90 Å². The highest BCUT2D eigenvalue weighted by Gasteiger charge is 2.11. The lowest BCUT2D eigenvalue weighted by Crippen LogP contribution is -2.22. The number of nitrogens with one attached hydrogen (secondary N) is 1. The summed E-state index contributed by atoms with van der Waals surface area (Å²) in [6.07, 6.45) is 0. The van der Waals surface area contributed by atoms with Crippen LogP contribution in [0.2, 0.25) is 0 Å². The second-order valence-electron chi connectivity index (χ2n) is 3.87. The van der Waals surface area contributed by atoms with E-state index in [1.807, 2.05) is 18.4 Å². The number of aryl methyl sites for hydroxylation is 1. The summed E-state index contributed by atoms with van der Waals surface area (Å²) in [5.41, 5.74) is 1.49. The van der Waals surface area contributed by atoms with Crippen molar-refractivity contribution in [1.82, 2.24) is 5.32 Å². The summed E-state index contributed by atoms with van der Waals surface area (Å²) in [6, 6.07) is 6.99. The first kappa shape index (κ1) is 13.4. The molecule has 1 amide bonds. The van der Waals surface area contributed by atoms with Gasteiger partial charge in [0.05, 0.1) is 12.1 Å². The van der Waals surface area contributed by atoms with Crippen LogP contribution in [-0.2, 0) is 6.54 Å². The molecular weight excluding hydrogens is 361 g/mol. The van der Waals surface area contributed by atoms with Gasteiger partial charge in [-0.1, -0.05) is 0 Å². The average molecular weight is 373 g/mol. The molecule has 0 saturated heterocycles. The van der Waals surface area contributed by atoms with E-state index in [0.29, 0.717) is 12.1 Å². The predicted octanol–water partition coefficient (Wildman–Crippen LogP) is 3.30. The molecule has 0 saturated carbocycles. The number of carbonyl (C=O) groups is 1. The van der Waals surface area contributed by atoms with E-state index < -0.39 is 0 Å². The van der Waals surface area contributed by atoms with Gasteiger partial charge in [-0.25, -0.2) is 0 Å². The molecule has 2 aromatic rings. The number of rotatable bonds is 3. The van der Waals surface area contributed by atoms with Gasteiger partial charge < -0.3 is 10.4 Å². The minimum absolute atomic E-state index is 0.0100. The molecule has 1 heterocycles. The second kappa shape index (κ2) is 5.71. The Morgan fingerprint density at radius 3 is 2.89 bits per heavy atom. The van der Waals surface area contributed by atoms with Gasteiger partial charge in [0.15, 0.2) is 0 Å². The lowest BCUT2D eigenvalue weighted by molar-refractivity contribution is 0.0948. The number of carbonyl (C=O) groups excluding carboxylic acids is 1. The third kappa shape index (κ3) is 3.02. The highest BCUT2D eigenvalue weighted by atomic mass is 127. The molecule has 0 spiro atoms. The number of thiophene rings is 1. The SMILES string of the molecule is Cc1ccsc1CNC(=O)c1cc(I)ccc1O. The molecule has 18 heavy (non-hydrogen) atoms. The van der Waals surface area contributed by atoms with E-state index in [1.165, 1.54) is 11.6 Å². The lowest BCUT2D eigenvalue weighted by Gasteiger charge is -2.07.